The fourth-order valence-electron chi connectivity index (χ4n) is 4.27. The Morgan fingerprint density at radius 2 is 1.97 bits per heavy atom. The minimum Gasteiger partial charge on any atom is -0.383 e. The summed E-state index contributed by atoms with van der Waals surface area (Å²) in [6.07, 6.45) is 5.90. The molecule has 10 heteroatoms. The Morgan fingerprint density at radius 1 is 1.24 bits per heavy atom. The minimum atomic E-state index is -1.10. The van der Waals surface area contributed by atoms with E-state index in [0.717, 1.165) is 50.9 Å². The molecule has 4 N–H and O–H groups in total. The van der Waals surface area contributed by atoms with E-state index in [9.17, 15) is 5.26 Å². The Hall–Kier alpha value is -2.93. The Morgan fingerprint density at radius 3 is 2.62 bits per heavy atom. The molecule has 5 rings (SSSR count). The lowest BCUT2D eigenvalue weighted by Gasteiger charge is -2.34. The predicted molar refractivity (Wildman–Crippen MR) is 154 cm³/mol. The van der Waals surface area contributed by atoms with Crippen molar-refractivity contribution >= 4 is 57.7 Å². The topological polar surface area (TPSA) is 88.0 Å². The number of halogens is 2. The van der Waals surface area contributed by atoms with Crippen LogP contribution in [0, 0.1) is 16.7 Å². The molecule has 1 unspecified atom stereocenters. The van der Waals surface area contributed by atoms with Crippen LogP contribution in [0.3, 0.4) is 0 Å². The quantitative estimate of drug-likeness (QED) is 0.267. The number of benzene rings is 2. The maximum atomic E-state index is 9.81. The van der Waals surface area contributed by atoms with Crippen molar-refractivity contribution in [3.05, 3.63) is 75.1 Å². The first-order chi connectivity index (χ1) is 17.6. The van der Waals surface area contributed by atoms with Crippen molar-refractivity contribution in [3.8, 4) is 6.07 Å². The molecule has 2 radical (unpaired) electrons. The molecule has 188 valence electrons. The summed E-state index contributed by atoms with van der Waals surface area (Å²) in [5.41, 5.74) is 9.76. The first-order valence-corrected chi connectivity index (χ1v) is 13.4. The zero-order valence-corrected chi connectivity index (χ0v) is 23.3. The van der Waals surface area contributed by atoms with Crippen LogP contribution in [0.15, 0.2) is 59.0 Å². The van der Waals surface area contributed by atoms with Crippen LogP contribution in [0.5, 0.6) is 0 Å². The highest BCUT2D eigenvalue weighted by atomic mass is 79.9. The van der Waals surface area contributed by atoms with Gasteiger partial charge in [0.2, 0.25) is 0 Å². The van der Waals surface area contributed by atoms with Crippen molar-refractivity contribution in [1.29, 1.82) is 5.26 Å². The largest absolute Gasteiger partial charge is 0.383 e. The lowest BCUT2D eigenvalue weighted by Crippen LogP contribution is -2.45. The van der Waals surface area contributed by atoms with Crippen molar-refractivity contribution < 1.29 is 0 Å². The smallest absolute Gasteiger partial charge is 0.119 e. The van der Waals surface area contributed by atoms with Gasteiger partial charge < -0.3 is 16.1 Å². The van der Waals surface area contributed by atoms with Gasteiger partial charge in [0.25, 0.3) is 0 Å². The van der Waals surface area contributed by atoms with Gasteiger partial charge in [0.1, 0.15) is 13.9 Å². The van der Waals surface area contributed by atoms with Gasteiger partial charge in [-0.3, -0.25) is 9.99 Å². The molecular formula is C27H28BBrClN7. The maximum absolute atomic E-state index is 9.81. The van der Waals surface area contributed by atoms with E-state index in [4.69, 9.17) is 19.4 Å². The van der Waals surface area contributed by atoms with Gasteiger partial charge in [-0.2, -0.15) is 5.26 Å². The number of nitriles is 1. The number of nitrogens with one attached hydrogen (secondary N) is 4. The molecular weight excluding hydrogens is 549 g/mol. The number of aromatic nitrogens is 1. The van der Waals surface area contributed by atoms with E-state index < -0.39 is 5.44 Å². The molecule has 0 amide bonds. The molecule has 2 aromatic carbocycles. The molecule has 2 heterocycles. The normalized spacial score (nSPS) is 17.1. The summed E-state index contributed by atoms with van der Waals surface area (Å²) >= 11 is 9.88. The molecule has 1 fully saturated rings. The zero-order chi connectivity index (χ0) is 26.4. The third-order valence-electron chi connectivity index (χ3n) is 6.43. The van der Waals surface area contributed by atoms with Crippen molar-refractivity contribution in [3.63, 3.8) is 0 Å². The highest BCUT2D eigenvalue weighted by molar-refractivity contribution is 9.10. The first-order valence-electron chi connectivity index (χ1n) is 12.2. The lowest BCUT2D eigenvalue weighted by molar-refractivity contribution is 0.260. The average molecular weight is 577 g/mol. The number of nitrogens with zero attached hydrogens (tertiary/aromatic N) is 3. The summed E-state index contributed by atoms with van der Waals surface area (Å²) in [7, 11) is 7.14. The van der Waals surface area contributed by atoms with Crippen molar-refractivity contribution in [2.45, 2.75) is 45.1 Å². The first kappa shape index (κ1) is 25.7. The number of hydrogen-bond donors (Lipinski definition) is 4. The summed E-state index contributed by atoms with van der Waals surface area (Å²) in [5.74, 6) is 0. The zero-order valence-electron chi connectivity index (χ0n) is 21.0. The number of pyridine rings is 1. The highest BCUT2D eigenvalue weighted by Gasteiger charge is 2.37. The Kier molecular flexibility index (Phi) is 6.78. The molecule has 0 spiro atoms. The van der Waals surface area contributed by atoms with Gasteiger partial charge in [-0.1, -0.05) is 44.5 Å². The molecule has 1 aliphatic carbocycles. The molecule has 1 saturated carbocycles. The molecule has 1 atom stereocenters. The van der Waals surface area contributed by atoms with Gasteiger partial charge in [0, 0.05) is 45.6 Å². The monoisotopic (exact) mass is 575 g/mol. The fraction of sp³-hybridized carbons (Fsp3) is 0.333. The van der Waals surface area contributed by atoms with Gasteiger partial charge in [-0.25, -0.2) is 0 Å². The van der Waals surface area contributed by atoms with Gasteiger partial charge in [-0.15, -0.1) is 5.53 Å². The van der Waals surface area contributed by atoms with Crippen LogP contribution in [0.1, 0.15) is 44.7 Å². The van der Waals surface area contributed by atoms with Crippen LogP contribution in [0.4, 0.5) is 11.4 Å². The van der Waals surface area contributed by atoms with Crippen molar-refractivity contribution in [2.75, 3.05) is 17.2 Å². The number of anilines is 2. The molecule has 0 saturated heterocycles. The Balaban J connectivity index is 1.60. The Bertz CT molecular complexity index is 1410. The van der Waals surface area contributed by atoms with E-state index in [1.807, 2.05) is 42.6 Å². The number of fused-ring (bicyclic) bond motifs is 1. The fourth-order valence-corrected chi connectivity index (χ4v) is 4.96. The van der Waals surface area contributed by atoms with Crippen LogP contribution in [0.25, 0.3) is 10.9 Å². The van der Waals surface area contributed by atoms with E-state index in [-0.39, 0.29) is 5.41 Å². The van der Waals surface area contributed by atoms with Gasteiger partial charge in [-0.05, 0) is 64.0 Å². The lowest BCUT2D eigenvalue weighted by atomic mass is 9.69. The summed E-state index contributed by atoms with van der Waals surface area (Å²) in [6, 6.07) is 14.2. The predicted octanol–water partition coefficient (Wildman–Crippen LogP) is 5.74. The Labute approximate surface area is 232 Å². The summed E-state index contributed by atoms with van der Waals surface area (Å²) in [4.78, 5) is 4.55. The minimum absolute atomic E-state index is 0.0253. The summed E-state index contributed by atoms with van der Waals surface area (Å²) in [6.45, 7) is 7.14. The number of hydrazine groups is 2. The second-order valence-electron chi connectivity index (χ2n) is 10.8. The van der Waals surface area contributed by atoms with Gasteiger partial charge in [0.05, 0.1) is 27.9 Å². The van der Waals surface area contributed by atoms with Crippen LogP contribution in [-0.4, -0.2) is 30.4 Å². The molecule has 0 bridgehead atoms. The van der Waals surface area contributed by atoms with E-state index in [2.05, 4.69) is 74.4 Å². The number of rotatable bonds is 7. The third kappa shape index (κ3) is 5.38. The van der Waals surface area contributed by atoms with Crippen molar-refractivity contribution in [1.82, 2.24) is 21.0 Å². The maximum Gasteiger partial charge on any atom is 0.119 e. The highest BCUT2D eigenvalue weighted by Crippen LogP contribution is 2.38. The molecule has 37 heavy (non-hydrogen) atoms. The second-order valence-corrected chi connectivity index (χ2v) is 12.1. The van der Waals surface area contributed by atoms with Crippen LogP contribution < -0.4 is 21.6 Å². The van der Waals surface area contributed by atoms with Crippen LogP contribution in [-0.2, 0) is 5.44 Å². The van der Waals surface area contributed by atoms with Gasteiger partial charge in [0.15, 0.2) is 0 Å². The van der Waals surface area contributed by atoms with Crippen molar-refractivity contribution in [2.24, 2.45) is 5.41 Å². The van der Waals surface area contributed by atoms with E-state index in [1.165, 1.54) is 0 Å². The SMILES string of the molecule is [B]C(Nc1cc(Br)c2ncc(C#N)c(NCC(C)(C)C)c2c1)(C1=CN(C2CC2)NN1)c1ccc(Cl)cc1. The van der Waals surface area contributed by atoms with E-state index in [1.54, 1.807) is 6.20 Å². The molecule has 7 nitrogen and oxygen atoms in total. The van der Waals surface area contributed by atoms with E-state index in [0.29, 0.717) is 23.2 Å². The second kappa shape index (κ2) is 9.75. The van der Waals surface area contributed by atoms with Crippen LogP contribution >= 0.6 is 27.5 Å². The summed E-state index contributed by atoms with van der Waals surface area (Å²) < 4.78 is 0.792. The number of hydrogen-bond acceptors (Lipinski definition) is 7. The molecule has 1 aliphatic heterocycles. The molecule has 2 aliphatic rings. The van der Waals surface area contributed by atoms with Crippen LogP contribution in [0.2, 0.25) is 5.02 Å². The van der Waals surface area contributed by atoms with E-state index >= 15 is 0 Å². The standard InChI is InChI=1S/C27H28BBrClN7/c1-26(2,3)15-33-24-16(12-31)13-32-25-21(24)10-19(11-22(25)29)34-27(28,17-4-6-18(30)7-5-17)23-14-37(36-35-23)20-8-9-20/h4-7,10-11,13-14,20,34-36H,8-9,15H2,1-3H3,(H,32,33). The molecule has 1 aromatic heterocycles. The molecule has 3 aromatic rings. The summed E-state index contributed by atoms with van der Waals surface area (Å²) in [5, 5.41) is 20.4. The third-order valence-corrected chi connectivity index (χ3v) is 7.29. The van der Waals surface area contributed by atoms with Gasteiger partial charge >= 0.3 is 0 Å². The average Bonchev–Trinajstić information content (AvgIpc) is 3.58.